The van der Waals surface area contributed by atoms with Crippen LogP contribution in [0.25, 0.3) is 0 Å². The van der Waals surface area contributed by atoms with E-state index in [9.17, 15) is 9.59 Å². The molecule has 2 aliphatic carbocycles. The topological polar surface area (TPSA) is 61.4 Å². The van der Waals surface area contributed by atoms with E-state index in [1.54, 1.807) is 0 Å². The first-order valence-electron chi connectivity index (χ1n) is 10.0. The molecule has 1 aliphatic heterocycles. The summed E-state index contributed by atoms with van der Waals surface area (Å²) in [6, 6.07) is 1.02. The van der Waals surface area contributed by atoms with Crippen molar-refractivity contribution in [2.24, 2.45) is 5.92 Å². The third-order valence-corrected chi connectivity index (χ3v) is 6.01. The van der Waals surface area contributed by atoms with E-state index in [-0.39, 0.29) is 17.7 Å². The Kier molecular flexibility index (Phi) is 6.52. The monoisotopic (exact) mass is 335 g/mol. The molecule has 1 atom stereocenters. The van der Waals surface area contributed by atoms with Crippen molar-refractivity contribution in [2.45, 2.75) is 82.7 Å². The molecule has 0 aromatic carbocycles. The minimum atomic E-state index is -0.143. The van der Waals surface area contributed by atoms with Crippen LogP contribution in [0.1, 0.15) is 70.6 Å². The number of carbonyl (C=O) groups excluding carboxylic acids is 2. The summed E-state index contributed by atoms with van der Waals surface area (Å²) in [5.41, 5.74) is 0. The van der Waals surface area contributed by atoms with Gasteiger partial charge in [0.05, 0.1) is 5.92 Å². The number of likely N-dealkylation sites (tertiary alicyclic amines) is 1. The highest BCUT2D eigenvalue weighted by molar-refractivity contribution is 5.89. The van der Waals surface area contributed by atoms with Gasteiger partial charge in [0.15, 0.2) is 0 Å². The lowest BCUT2D eigenvalue weighted by atomic mass is 10.1. The molecule has 5 nitrogen and oxygen atoms in total. The van der Waals surface area contributed by atoms with Crippen molar-refractivity contribution in [1.82, 2.24) is 15.5 Å². The van der Waals surface area contributed by atoms with Gasteiger partial charge in [-0.25, -0.2) is 0 Å². The number of hydrogen-bond donors (Lipinski definition) is 2. The van der Waals surface area contributed by atoms with Crippen LogP contribution in [0.4, 0.5) is 0 Å². The Morgan fingerprint density at radius 2 is 1.62 bits per heavy atom. The van der Waals surface area contributed by atoms with Gasteiger partial charge in [0, 0.05) is 38.1 Å². The van der Waals surface area contributed by atoms with Crippen molar-refractivity contribution in [2.75, 3.05) is 19.6 Å². The molecule has 0 spiro atoms. The van der Waals surface area contributed by atoms with Crippen LogP contribution in [0, 0.1) is 5.92 Å². The first kappa shape index (κ1) is 17.7. The average molecular weight is 335 g/mol. The highest BCUT2D eigenvalue weighted by Crippen LogP contribution is 2.29. The Morgan fingerprint density at radius 1 is 0.958 bits per heavy atom. The van der Waals surface area contributed by atoms with Crippen LogP contribution in [0.3, 0.4) is 0 Å². The number of nitrogens with zero attached hydrogens (tertiary/aromatic N) is 1. The van der Waals surface area contributed by atoms with E-state index in [2.05, 4.69) is 10.6 Å². The molecule has 2 amide bonds. The molecule has 5 heteroatoms. The second-order valence-electron chi connectivity index (χ2n) is 7.82. The van der Waals surface area contributed by atoms with Gasteiger partial charge in [0.1, 0.15) is 0 Å². The number of amides is 2. The number of rotatable bonds is 6. The Balaban J connectivity index is 1.34. The molecule has 0 bridgehead atoms. The van der Waals surface area contributed by atoms with Gasteiger partial charge in [-0.2, -0.15) is 0 Å². The molecular formula is C19H33N3O2. The lowest BCUT2D eigenvalue weighted by Gasteiger charge is -2.24. The molecule has 3 rings (SSSR count). The van der Waals surface area contributed by atoms with Gasteiger partial charge in [-0.15, -0.1) is 0 Å². The maximum absolute atomic E-state index is 12.3. The molecule has 1 heterocycles. The molecule has 24 heavy (non-hydrogen) atoms. The predicted octanol–water partition coefficient (Wildman–Crippen LogP) is 2.21. The van der Waals surface area contributed by atoms with Gasteiger partial charge in [-0.3, -0.25) is 9.59 Å². The molecular weight excluding hydrogens is 302 g/mol. The second-order valence-corrected chi connectivity index (χ2v) is 7.82. The summed E-state index contributed by atoms with van der Waals surface area (Å²) in [4.78, 5) is 26.5. The summed E-state index contributed by atoms with van der Waals surface area (Å²) in [7, 11) is 0. The first-order valence-corrected chi connectivity index (χ1v) is 10.0. The van der Waals surface area contributed by atoms with E-state index >= 15 is 0 Å². The summed E-state index contributed by atoms with van der Waals surface area (Å²) in [6.07, 6.45) is 13.0. The van der Waals surface area contributed by atoms with Crippen molar-refractivity contribution >= 4 is 11.8 Å². The molecule has 3 fully saturated rings. The Labute approximate surface area is 145 Å². The zero-order valence-corrected chi connectivity index (χ0v) is 14.9. The lowest BCUT2D eigenvalue weighted by Crippen LogP contribution is -2.40. The van der Waals surface area contributed by atoms with Gasteiger partial charge >= 0.3 is 0 Å². The summed E-state index contributed by atoms with van der Waals surface area (Å²) >= 11 is 0. The van der Waals surface area contributed by atoms with Crippen LogP contribution in [0.5, 0.6) is 0 Å². The molecule has 1 unspecified atom stereocenters. The molecule has 0 radical (unpaired) electrons. The minimum absolute atomic E-state index is 0.0616. The normalized spacial score (nSPS) is 26.8. The fourth-order valence-corrected chi connectivity index (χ4v) is 4.57. The quantitative estimate of drug-likeness (QED) is 0.578. The van der Waals surface area contributed by atoms with Crippen LogP contribution < -0.4 is 10.6 Å². The number of hydrogen-bond acceptors (Lipinski definition) is 3. The summed E-state index contributed by atoms with van der Waals surface area (Å²) in [6.45, 7) is 2.14. The van der Waals surface area contributed by atoms with Crippen molar-refractivity contribution in [3.8, 4) is 0 Å². The number of carbonyl (C=O) groups is 2. The molecule has 3 aliphatic rings. The third kappa shape index (κ3) is 4.71. The first-order chi connectivity index (χ1) is 11.7. The van der Waals surface area contributed by atoms with Crippen LogP contribution in [-0.2, 0) is 9.59 Å². The van der Waals surface area contributed by atoms with E-state index < -0.39 is 0 Å². The van der Waals surface area contributed by atoms with Crippen LogP contribution in [0.15, 0.2) is 0 Å². The fourth-order valence-electron chi connectivity index (χ4n) is 4.57. The SMILES string of the molecule is O=C(NCCNC1CCCCCC1)C1CC(=O)N(C2CCCC2)C1. The van der Waals surface area contributed by atoms with E-state index in [0.29, 0.717) is 31.6 Å². The Hall–Kier alpha value is -1.10. The fraction of sp³-hybridized carbons (Fsp3) is 0.895. The van der Waals surface area contributed by atoms with Crippen LogP contribution >= 0.6 is 0 Å². The summed E-state index contributed by atoms with van der Waals surface area (Å²) in [5.74, 6) is 0.0983. The largest absolute Gasteiger partial charge is 0.355 e. The van der Waals surface area contributed by atoms with E-state index in [4.69, 9.17) is 0 Å². The van der Waals surface area contributed by atoms with Gasteiger partial charge < -0.3 is 15.5 Å². The summed E-state index contributed by atoms with van der Waals surface area (Å²) < 4.78 is 0. The molecule has 0 aromatic rings. The molecule has 1 saturated heterocycles. The Morgan fingerprint density at radius 3 is 2.33 bits per heavy atom. The van der Waals surface area contributed by atoms with Crippen molar-refractivity contribution in [3.05, 3.63) is 0 Å². The van der Waals surface area contributed by atoms with Gasteiger partial charge in [-0.1, -0.05) is 38.5 Å². The predicted molar refractivity (Wildman–Crippen MR) is 94.6 cm³/mol. The standard InChI is InChI=1S/C19H33N3O2/c23-18-13-15(14-22(18)17-9-5-6-10-17)19(24)21-12-11-20-16-7-3-1-2-4-8-16/h15-17,20H,1-14H2,(H,21,24). The van der Waals surface area contributed by atoms with Crippen molar-refractivity contribution < 1.29 is 9.59 Å². The zero-order chi connectivity index (χ0) is 16.8. The molecule has 0 aromatic heterocycles. The number of nitrogens with one attached hydrogen (secondary N) is 2. The van der Waals surface area contributed by atoms with Crippen LogP contribution in [0.2, 0.25) is 0 Å². The van der Waals surface area contributed by atoms with E-state index in [1.165, 1.54) is 51.4 Å². The van der Waals surface area contributed by atoms with Crippen LogP contribution in [-0.4, -0.2) is 48.4 Å². The molecule has 2 N–H and O–H groups in total. The van der Waals surface area contributed by atoms with E-state index in [0.717, 1.165) is 19.4 Å². The lowest BCUT2D eigenvalue weighted by molar-refractivity contribution is -0.130. The zero-order valence-electron chi connectivity index (χ0n) is 14.9. The molecule has 2 saturated carbocycles. The van der Waals surface area contributed by atoms with Gasteiger partial charge in [0.2, 0.25) is 11.8 Å². The average Bonchev–Trinajstić information content (AvgIpc) is 3.15. The highest BCUT2D eigenvalue weighted by atomic mass is 16.2. The second kappa shape index (κ2) is 8.84. The minimum Gasteiger partial charge on any atom is -0.355 e. The highest BCUT2D eigenvalue weighted by Gasteiger charge is 2.38. The van der Waals surface area contributed by atoms with Crippen molar-refractivity contribution in [1.29, 1.82) is 0 Å². The maximum Gasteiger partial charge on any atom is 0.225 e. The maximum atomic E-state index is 12.3. The summed E-state index contributed by atoms with van der Waals surface area (Å²) in [5, 5.41) is 6.61. The molecule has 136 valence electrons. The van der Waals surface area contributed by atoms with E-state index in [1.807, 2.05) is 4.90 Å². The van der Waals surface area contributed by atoms with Gasteiger partial charge in [-0.05, 0) is 25.7 Å². The Bertz CT molecular complexity index is 426. The smallest absolute Gasteiger partial charge is 0.225 e. The van der Waals surface area contributed by atoms with Gasteiger partial charge in [0.25, 0.3) is 0 Å². The third-order valence-electron chi connectivity index (χ3n) is 6.01. The van der Waals surface area contributed by atoms with Crippen molar-refractivity contribution in [3.63, 3.8) is 0 Å².